The van der Waals surface area contributed by atoms with Crippen molar-refractivity contribution in [2.45, 2.75) is 44.3 Å². The number of ether oxygens (including phenoxy) is 1. The molecular weight excluding hydrogens is 313 g/mol. The Balaban J connectivity index is 1.63. The van der Waals surface area contributed by atoms with Crippen LogP contribution >= 0.6 is 0 Å². The fraction of sp³-hybridized carbons (Fsp3) is 0.364. The van der Waals surface area contributed by atoms with Crippen LogP contribution in [0.2, 0.25) is 0 Å². The molecule has 2 atom stereocenters. The Labute approximate surface area is 148 Å². The summed E-state index contributed by atoms with van der Waals surface area (Å²) in [5.41, 5.74) is 3.71. The van der Waals surface area contributed by atoms with Crippen molar-refractivity contribution in [2.24, 2.45) is 0 Å². The summed E-state index contributed by atoms with van der Waals surface area (Å²) < 4.78 is 19.0. The molecule has 25 heavy (non-hydrogen) atoms. The average molecular weight is 337 g/mol. The molecular formula is C22H24FNO. The molecule has 4 rings (SSSR count). The molecule has 0 spiro atoms. The molecule has 2 aliphatic rings. The molecule has 1 fully saturated rings. The molecule has 2 bridgehead atoms. The molecule has 0 aromatic heterocycles. The van der Waals surface area contributed by atoms with Gasteiger partial charge in [-0.1, -0.05) is 42.8 Å². The minimum absolute atomic E-state index is 0.247. The van der Waals surface area contributed by atoms with E-state index < -0.39 is 0 Å². The maximum absolute atomic E-state index is 13.5. The number of piperidine rings is 1. The van der Waals surface area contributed by atoms with Crippen molar-refractivity contribution in [3.63, 3.8) is 0 Å². The van der Waals surface area contributed by atoms with Gasteiger partial charge in [-0.2, -0.15) is 0 Å². The van der Waals surface area contributed by atoms with Crippen molar-refractivity contribution in [3.05, 3.63) is 71.6 Å². The van der Waals surface area contributed by atoms with Gasteiger partial charge < -0.3 is 4.74 Å². The van der Waals surface area contributed by atoms with Crippen LogP contribution in [-0.4, -0.2) is 24.1 Å². The average Bonchev–Trinajstić information content (AvgIpc) is 2.62. The fourth-order valence-corrected chi connectivity index (χ4v) is 4.29. The van der Waals surface area contributed by atoms with Crippen LogP contribution in [0.5, 0.6) is 5.75 Å². The minimum atomic E-state index is -0.247. The van der Waals surface area contributed by atoms with Crippen LogP contribution in [0.4, 0.5) is 4.39 Å². The molecule has 2 nitrogen and oxygen atoms in total. The molecule has 0 aliphatic carbocycles. The predicted octanol–water partition coefficient (Wildman–Crippen LogP) is 5.04. The van der Waals surface area contributed by atoms with E-state index in [9.17, 15) is 4.39 Å². The number of benzene rings is 2. The van der Waals surface area contributed by atoms with E-state index in [2.05, 4.69) is 41.3 Å². The molecule has 0 radical (unpaired) electrons. The van der Waals surface area contributed by atoms with Gasteiger partial charge in [0.25, 0.3) is 0 Å². The number of methoxy groups -OCH3 is 1. The number of hydrogen-bond donors (Lipinski definition) is 0. The van der Waals surface area contributed by atoms with Gasteiger partial charge in [0.1, 0.15) is 11.6 Å². The van der Waals surface area contributed by atoms with E-state index in [4.69, 9.17) is 4.74 Å². The topological polar surface area (TPSA) is 12.5 Å². The highest BCUT2D eigenvalue weighted by Crippen LogP contribution is 2.40. The number of rotatable bonds is 4. The zero-order chi connectivity index (χ0) is 17.2. The molecule has 1 saturated heterocycles. The first-order chi connectivity index (χ1) is 12.2. The molecule has 0 saturated carbocycles. The van der Waals surface area contributed by atoms with Gasteiger partial charge in [-0.25, -0.2) is 4.39 Å². The van der Waals surface area contributed by atoms with Gasteiger partial charge in [0.15, 0.2) is 0 Å². The summed E-state index contributed by atoms with van der Waals surface area (Å²) in [7, 11) is 1.62. The second-order valence-corrected chi connectivity index (χ2v) is 7.05. The minimum Gasteiger partial charge on any atom is -0.496 e. The van der Waals surface area contributed by atoms with E-state index in [0.717, 1.165) is 18.5 Å². The third-order valence-corrected chi connectivity index (χ3v) is 5.50. The second kappa shape index (κ2) is 7.01. The number of halogens is 1. The molecule has 3 heteroatoms. The lowest BCUT2D eigenvalue weighted by Gasteiger charge is -2.45. The normalized spacial score (nSPS) is 23.2. The maximum atomic E-state index is 13.5. The fourth-order valence-electron chi connectivity index (χ4n) is 4.29. The third kappa shape index (κ3) is 3.34. The number of fused-ring (bicyclic) bond motifs is 2. The van der Waals surface area contributed by atoms with Crippen molar-refractivity contribution < 1.29 is 9.13 Å². The Bertz CT molecular complexity index is 771. The third-order valence-electron chi connectivity index (χ3n) is 5.50. The zero-order valence-corrected chi connectivity index (χ0v) is 14.6. The van der Waals surface area contributed by atoms with Crippen LogP contribution in [0.15, 0.2) is 54.6 Å². The highest BCUT2D eigenvalue weighted by Gasteiger charge is 2.34. The molecule has 2 aliphatic heterocycles. The molecule has 2 aromatic rings. The van der Waals surface area contributed by atoms with E-state index in [1.54, 1.807) is 7.11 Å². The Kier molecular flexibility index (Phi) is 4.58. The van der Waals surface area contributed by atoms with E-state index in [0.29, 0.717) is 17.8 Å². The van der Waals surface area contributed by atoms with Gasteiger partial charge in [-0.3, -0.25) is 4.90 Å². The van der Waals surface area contributed by atoms with Crippen LogP contribution in [0, 0.1) is 5.82 Å². The van der Waals surface area contributed by atoms with Crippen LogP contribution in [0.25, 0.3) is 5.57 Å². The van der Waals surface area contributed by atoms with Crippen LogP contribution < -0.4 is 4.74 Å². The lowest BCUT2D eigenvalue weighted by atomic mass is 9.82. The summed E-state index contributed by atoms with van der Waals surface area (Å²) in [6.45, 7) is 1.00. The first-order valence-electron chi connectivity index (χ1n) is 9.09. The monoisotopic (exact) mass is 337 g/mol. The summed E-state index contributed by atoms with van der Waals surface area (Å²) >= 11 is 0. The van der Waals surface area contributed by atoms with Gasteiger partial charge in [0.2, 0.25) is 0 Å². The highest BCUT2D eigenvalue weighted by atomic mass is 19.1. The van der Waals surface area contributed by atoms with Crippen LogP contribution in [0.3, 0.4) is 0 Å². The predicted molar refractivity (Wildman–Crippen MR) is 99.0 cm³/mol. The highest BCUT2D eigenvalue weighted by molar-refractivity contribution is 5.72. The smallest absolute Gasteiger partial charge is 0.129 e. The van der Waals surface area contributed by atoms with Crippen molar-refractivity contribution in [1.82, 2.24) is 4.90 Å². The lowest BCUT2D eigenvalue weighted by molar-refractivity contribution is 0.0951. The number of hydrogen-bond acceptors (Lipinski definition) is 2. The molecule has 2 heterocycles. The Hall–Kier alpha value is -2.13. The first-order valence-corrected chi connectivity index (χ1v) is 9.09. The Morgan fingerprint density at radius 2 is 1.96 bits per heavy atom. The summed E-state index contributed by atoms with van der Waals surface area (Å²) in [6, 6.07) is 16.6. The van der Waals surface area contributed by atoms with E-state index in [1.807, 2.05) is 6.07 Å². The van der Waals surface area contributed by atoms with Crippen LogP contribution in [-0.2, 0) is 6.54 Å². The molecule has 130 valence electrons. The summed E-state index contributed by atoms with van der Waals surface area (Å²) in [5, 5.41) is 0. The van der Waals surface area contributed by atoms with Gasteiger partial charge in [0, 0.05) is 30.3 Å². The van der Waals surface area contributed by atoms with E-state index in [-0.39, 0.29) is 5.82 Å². The van der Waals surface area contributed by atoms with E-state index in [1.165, 1.54) is 42.5 Å². The van der Waals surface area contributed by atoms with E-state index >= 15 is 0 Å². The summed E-state index contributed by atoms with van der Waals surface area (Å²) in [4.78, 5) is 2.64. The Morgan fingerprint density at radius 1 is 1.12 bits per heavy atom. The Morgan fingerprint density at radius 3 is 2.72 bits per heavy atom. The maximum Gasteiger partial charge on any atom is 0.129 e. The summed E-state index contributed by atoms with van der Waals surface area (Å²) in [5.74, 6) is 0.392. The lowest BCUT2D eigenvalue weighted by Crippen LogP contribution is -2.47. The van der Waals surface area contributed by atoms with Crippen LogP contribution in [0.1, 0.15) is 36.8 Å². The summed E-state index contributed by atoms with van der Waals surface area (Å²) in [6.07, 6.45) is 7.09. The van der Waals surface area contributed by atoms with Gasteiger partial charge in [-0.15, -0.1) is 0 Å². The molecule has 2 unspecified atom stereocenters. The van der Waals surface area contributed by atoms with Crippen molar-refractivity contribution in [1.29, 1.82) is 0 Å². The number of nitrogens with zero attached hydrogens (tertiary/aromatic N) is 1. The van der Waals surface area contributed by atoms with Crippen molar-refractivity contribution in [3.8, 4) is 5.75 Å². The zero-order valence-electron chi connectivity index (χ0n) is 14.6. The quantitative estimate of drug-likeness (QED) is 0.774. The molecule has 2 aromatic carbocycles. The van der Waals surface area contributed by atoms with Gasteiger partial charge in [-0.05, 0) is 42.5 Å². The molecule has 0 N–H and O–H groups in total. The van der Waals surface area contributed by atoms with Crippen molar-refractivity contribution >= 4 is 5.57 Å². The SMILES string of the molecule is COc1cc(F)ccc1C1=CC2CCCC(C1)N2Cc1ccccc1. The standard InChI is InChI=1S/C22H24FNO/c1-25-22-14-18(23)10-11-21(22)17-12-19-8-5-9-20(13-17)24(19)15-16-6-3-2-4-7-16/h2-4,6-7,10-12,14,19-20H,5,8-9,13,15H2,1H3. The first kappa shape index (κ1) is 16.3. The van der Waals surface area contributed by atoms with Gasteiger partial charge >= 0.3 is 0 Å². The largest absolute Gasteiger partial charge is 0.496 e. The second-order valence-electron chi connectivity index (χ2n) is 7.05. The van der Waals surface area contributed by atoms with Crippen molar-refractivity contribution in [2.75, 3.05) is 7.11 Å². The molecule has 0 amide bonds. The van der Waals surface area contributed by atoms with Gasteiger partial charge in [0.05, 0.1) is 7.11 Å².